The van der Waals surface area contributed by atoms with E-state index in [9.17, 15) is 10.1 Å². The van der Waals surface area contributed by atoms with E-state index in [2.05, 4.69) is 11.4 Å². The van der Waals surface area contributed by atoms with Crippen molar-refractivity contribution >= 4 is 29.1 Å². The fraction of sp³-hybridized carbons (Fsp3) is 0.500. The molecule has 1 aromatic rings. The first-order valence-corrected chi connectivity index (χ1v) is 7.67. The number of rotatable bonds is 4. The molecule has 1 aliphatic rings. The summed E-state index contributed by atoms with van der Waals surface area (Å²) < 4.78 is -0.930. The second kappa shape index (κ2) is 5.87. The van der Waals surface area contributed by atoms with Gasteiger partial charge in [0.05, 0.1) is 12.1 Å². The highest BCUT2D eigenvalue weighted by molar-refractivity contribution is 6.51. The highest BCUT2D eigenvalue weighted by Gasteiger charge is 2.58. The summed E-state index contributed by atoms with van der Waals surface area (Å²) in [4.78, 5) is 12.3. The van der Waals surface area contributed by atoms with Gasteiger partial charge in [0.15, 0.2) is 0 Å². The van der Waals surface area contributed by atoms with Crippen LogP contribution in [0.25, 0.3) is 0 Å². The molecule has 3 atom stereocenters. The van der Waals surface area contributed by atoms with E-state index < -0.39 is 10.3 Å². The molecule has 2 rings (SSSR count). The first kappa shape index (κ1) is 16.1. The Kier molecular flexibility index (Phi) is 4.51. The van der Waals surface area contributed by atoms with Crippen molar-refractivity contribution < 1.29 is 4.79 Å². The lowest BCUT2D eigenvalue weighted by molar-refractivity contribution is -0.124. The van der Waals surface area contributed by atoms with Gasteiger partial charge in [-0.05, 0) is 38.3 Å². The molecule has 1 aliphatic carbocycles. The van der Waals surface area contributed by atoms with E-state index in [0.29, 0.717) is 6.42 Å². The molecule has 0 aliphatic heterocycles. The molecule has 1 N–H and O–H groups in total. The molecule has 0 radical (unpaired) electrons. The maximum absolute atomic E-state index is 12.3. The number of carbonyl (C=O) groups excluding carboxylic acids is 1. The van der Waals surface area contributed by atoms with E-state index in [1.807, 2.05) is 39.0 Å². The number of nitriles is 1. The molecule has 5 heteroatoms. The Morgan fingerprint density at radius 3 is 2.57 bits per heavy atom. The smallest absolute Gasteiger partial charge is 0.238 e. The lowest BCUT2D eigenvalue weighted by Crippen LogP contribution is -2.34. The Hall–Kier alpha value is -1.24. The van der Waals surface area contributed by atoms with Crippen LogP contribution in [0.15, 0.2) is 18.2 Å². The van der Waals surface area contributed by atoms with Gasteiger partial charge in [0.25, 0.3) is 0 Å². The van der Waals surface area contributed by atoms with Crippen molar-refractivity contribution in [2.45, 2.75) is 37.6 Å². The summed E-state index contributed by atoms with van der Waals surface area (Å²) >= 11 is 11.9. The van der Waals surface area contributed by atoms with Crippen LogP contribution in [0.2, 0.25) is 0 Å². The first-order chi connectivity index (χ1) is 9.76. The number of amides is 1. The van der Waals surface area contributed by atoms with E-state index in [1.165, 1.54) is 5.56 Å². The number of carbonyl (C=O) groups is 1. The highest BCUT2D eigenvalue weighted by Crippen LogP contribution is 2.56. The van der Waals surface area contributed by atoms with Gasteiger partial charge in [0, 0.05) is 5.92 Å². The quantitative estimate of drug-likeness (QED) is 0.856. The molecular formula is C16H18Cl2N2O. The molecule has 21 heavy (non-hydrogen) atoms. The van der Waals surface area contributed by atoms with E-state index in [-0.39, 0.29) is 17.9 Å². The van der Waals surface area contributed by atoms with Crippen LogP contribution in [0.1, 0.15) is 36.1 Å². The zero-order valence-electron chi connectivity index (χ0n) is 12.3. The third-order valence-corrected chi connectivity index (χ3v) is 4.82. The van der Waals surface area contributed by atoms with Crippen molar-refractivity contribution in [3.63, 3.8) is 0 Å². The normalized spacial score (nSPS) is 22.0. The third kappa shape index (κ3) is 3.51. The number of hydrogen-bond donors (Lipinski definition) is 1. The van der Waals surface area contributed by atoms with Gasteiger partial charge < -0.3 is 5.32 Å². The Balaban J connectivity index is 2.07. The molecule has 0 aromatic heterocycles. The standard InChI is InChI=1S/C16H18Cl2N2O/c1-9-4-5-12(10(2)6-9)11(3)20-15(21)13(8-19)14-7-16(14,17)18/h4-6,11,13-14H,7H2,1-3H3,(H,20,21). The predicted molar refractivity (Wildman–Crippen MR) is 84.1 cm³/mol. The Morgan fingerprint density at radius 1 is 1.48 bits per heavy atom. The fourth-order valence-electron chi connectivity index (χ4n) is 2.62. The van der Waals surface area contributed by atoms with Crippen molar-refractivity contribution in [1.82, 2.24) is 5.32 Å². The lowest BCUT2D eigenvalue weighted by atomic mass is 9.98. The Bertz CT molecular complexity index is 607. The molecule has 0 saturated heterocycles. The van der Waals surface area contributed by atoms with Crippen LogP contribution in [-0.2, 0) is 4.79 Å². The summed E-state index contributed by atoms with van der Waals surface area (Å²) in [6.45, 7) is 5.95. The second-order valence-corrected chi connectivity index (χ2v) is 7.31. The van der Waals surface area contributed by atoms with Crippen molar-refractivity contribution in [1.29, 1.82) is 5.26 Å². The van der Waals surface area contributed by atoms with Gasteiger partial charge in [-0.3, -0.25) is 4.79 Å². The number of aryl methyl sites for hydroxylation is 2. The van der Waals surface area contributed by atoms with Gasteiger partial charge in [-0.15, -0.1) is 23.2 Å². The minimum absolute atomic E-state index is 0.159. The minimum Gasteiger partial charge on any atom is -0.348 e. The second-order valence-electron chi connectivity index (χ2n) is 5.77. The van der Waals surface area contributed by atoms with Gasteiger partial charge in [0.2, 0.25) is 5.91 Å². The predicted octanol–water partition coefficient (Wildman–Crippen LogP) is 3.81. The van der Waals surface area contributed by atoms with Crippen molar-refractivity contribution in [3.8, 4) is 6.07 Å². The maximum atomic E-state index is 12.3. The van der Waals surface area contributed by atoms with Crippen molar-refractivity contribution in [2.75, 3.05) is 0 Å². The van der Waals surface area contributed by atoms with E-state index >= 15 is 0 Å². The zero-order valence-corrected chi connectivity index (χ0v) is 13.8. The summed E-state index contributed by atoms with van der Waals surface area (Å²) in [5, 5.41) is 12.1. The van der Waals surface area contributed by atoms with E-state index in [4.69, 9.17) is 23.2 Å². The lowest BCUT2D eigenvalue weighted by Gasteiger charge is -2.19. The summed E-state index contributed by atoms with van der Waals surface area (Å²) in [6, 6.07) is 7.94. The molecule has 0 spiro atoms. The van der Waals surface area contributed by atoms with Crippen LogP contribution in [0.5, 0.6) is 0 Å². The Morgan fingerprint density at radius 2 is 2.10 bits per heavy atom. The molecule has 0 heterocycles. The molecule has 1 aromatic carbocycles. The molecule has 112 valence electrons. The van der Waals surface area contributed by atoms with Crippen LogP contribution in [0.3, 0.4) is 0 Å². The first-order valence-electron chi connectivity index (χ1n) is 6.91. The molecule has 3 unspecified atom stereocenters. The number of hydrogen-bond acceptors (Lipinski definition) is 2. The van der Waals surface area contributed by atoms with Crippen LogP contribution < -0.4 is 5.32 Å². The molecule has 3 nitrogen and oxygen atoms in total. The van der Waals surface area contributed by atoms with Crippen LogP contribution in [-0.4, -0.2) is 10.2 Å². The average molecular weight is 325 g/mol. The van der Waals surface area contributed by atoms with Gasteiger partial charge in [-0.2, -0.15) is 5.26 Å². The SMILES string of the molecule is Cc1ccc(C(C)NC(=O)C(C#N)C2CC2(Cl)Cl)c(C)c1. The molecule has 1 amide bonds. The average Bonchev–Trinajstić information content (AvgIpc) is 2.98. The summed E-state index contributed by atoms with van der Waals surface area (Å²) in [6.07, 6.45) is 0.486. The van der Waals surface area contributed by atoms with Gasteiger partial charge in [0.1, 0.15) is 10.3 Å². The highest BCUT2D eigenvalue weighted by atomic mass is 35.5. The number of nitrogens with zero attached hydrogens (tertiary/aromatic N) is 1. The third-order valence-electron chi connectivity index (χ3n) is 3.95. The van der Waals surface area contributed by atoms with E-state index in [0.717, 1.165) is 11.1 Å². The Labute approximate surface area is 135 Å². The fourth-order valence-corrected chi connectivity index (χ4v) is 3.20. The topological polar surface area (TPSA) is 52.9 Å². The van der Waals surface area contributed by atoms with Crippen molar-refractivity contribution in [2.24, 2.45) is 11.8 Å². The summed E-state index contributed by atoms with van der Waals surface area (Å²) in [5.41, 5.74) is 3.34. The van der Waals surface area contributed by atoms with Crippen LogP contribution >= 0.6 is 23.2 Å². The van der Waals surface area contributed by atoms with Gasteiger partial charge in [-0.25, -0.2) is 0 Å². The van der Waals surface area contributed by atoms with Crippen LogP contribution in [0.4, 0.5) is 0 Å². The number of alkyl halides is 2. The molecule has 0 bridgehead atoms. The zero-order chi connectivity index (χ0) is 15.8. The van der Waals surface area contributed by atoms with Crippen molar-refractivity contribution in [3.05, 3.63) is 34.9 Å². The summed E-state index contributed by atoms with van der Waals surface area (Å²) in [5.74, 6) is -1.39. The number of benzene rings is 1. The summed E-state index contributed by atoms with van der Waals surface area (Å²) in [7, 11) is 0. The number of nitrogens with one attached hydrogen (secondary N) is 1. The number of halogens is 2. The van der Waals surface area contributed by atoms with Gasteiger partial charge >= 0.3 is 0 Å². The van der Waals surface area contributed by atoms with Gasteiger partial charge in [-0.1, -0.05) is 23.8 Å². The molecular weight excluding hydrogens is 307 g/mol. The monoisotopic (exact) mass is 324 g/mol. The molecule has 1 saturated carbocycles. The maximum Gasteiger partial charge on any atom is 0.238 e. The van der Waals surface area contributed by atoms with Crippen LogP contribution in [0, 0.1) is 37.0 Å². The molecule has 1 fully saturated rings. The largest absolute Gasteiger partial charge is 0.348 e. The van der Waals surface area contributed by atoms with E-state index in [1.54, 1.807) is 0 Å². The minimum atomic E-state index is -0.930.